The van der Waals surface area contributed by atoms with Gasteiger partial charge in [-0.1, -0.05) is 12.1 Å². The number of quaternary nitrogens is 1. The van der Waals surface area contributed by atoms with Crippen LogP contribution in [0, 0.1) is 15.9 Å². The van der Waals surface area contributed by atoms with Gasteiger partial charge in [0.1, 0.15) is 18.1 Å². The lowest BCUT2D eigenvalue weighted by Crippen LogP contribution is -3.13. The topological polar surface area (TPSA) is 85.9 Å². The summed E-state index contributed by atoms with van der Waals surface area (Å²) in [4.78, 5) is 24.1. The van der Waals surface area contributed by atoms with Crippen LogP contribution in [0.3, 0.4) is 0 Å². The summed E-state index contributed by atoms with van der Waals surface area (Å²) in [6, 6.07) is 10.7. The Bertz CT molecular complexity index is 837. The molecule has 1 amide bonds. The van der Waals surface area contributed by atoms with Crippen molar-refractivity contribution in [3.05, 3.63) is 64.0 Å². The number of non-ortho nitro benzene ring substituents is 1. The number of nitro groups is 1. The van der Waals surface area contributed by atoms with Crippen LogP contribution in [0.15, 0.2) is 42.5 Å². The van der Waals surface area contributed by atoms with Crippen molar-refractivity contribution in [1.82, 2.24) is 0 Å². The molecule has 1 unspecified atom stereocenters. The fraction of sp³-hybridized carbons (Fsp3) is 0.316. The van der Waals surface area contributed by atoms with Gasteiger partial charge in [0.25, 0.3) is 11.6 Å². The molecule has 0 aromatic heterocycles. The summed E-state index contributed by atoms with van der Waals surface area (Å²) in [6.07, 6.45) is 2.09. The van der Waals surface area contributed by atoms with Gasteiger partial charge >= 0.3 is 0 Å². The zero-order valence-corrected chi connectivity index (χ0v) is 14.9. The molecule has 1 atom stereocenters. The number of hydrogen-bond acceptors (Lipinski definition) is 4. The van der Waals surface area contributed by atoms with Crippen molar-refractivity contribution in [3.8, 4) is 5.75 Å². The van der Waals surface area contributed by atoms with Gasteiger partial charge in [0.2, 0.25) is 0 Å². The molecule has 7 nitrogen and oxygen atoms in total. The summed E-state index contributed by atoms with van der Waals surface area (Å²) in [5.41, 5.74) is 1.11. The van der Waals surface area contributed by atoms with Gasteiger partial charge in [-0.05, 0) is 18.2 Å². The molecule has 2 N–H and O–H groups in total. The normalized spacial score (nSPS) is 14.4. The highest BCUT2D eigenvalue weighted by Crippen LogP contribution is 2.28. The molecule has 2 aromatic rings. The maximum Gasteiger partial charge on any atom is 0.279 e. The quantitative estimate of drug-likeness (QED) is 0.546. The Kier molecular flexibility index (Phi) is 5.66. The second-order valence-electron chi connectivity index (χ2n) is 6.60. The Hall–Kier alpha value is -3.00. The summed E-state index contributed by atoms with van der Waals surface area (Å²) >= 11 is 0. The van der Waals surface area contributed by atoms with Crippen LogP contribution >= 0.6 is 0 Å². The van der Waals surface area contributed by atoms with Gasteiger partial charge in [-0.15, -0.1) is 0 Å². The first-order chi connectivity index (χ1) is 13.0. The van der Waals surface area contributed by atoms with Gasteiger partial charge in [0.05, 0.1) is 23.8 Å². The first-order valence-corrected chi connectivity index (χ1v) is 8.67. The number of amides is 1. The van der Waals surface area contributed by atoms with E-state index < -0.39 is 4.92 Å². The number of anilines is 1. The summed E-state index contributed by atoms with van der Waals surface area (Å²) in [5, 5.41) is 13.7. The molecule has 0 bridgehead atoms. The molecular weight excluding hydrogens is 353 g/mol. The van der Waals surface area contributed by atoms with Crippen LogP contribution in [0.2, 0.25) is 0 Å². The fourth-order valence-corrected chi connectivity index (χ4v) is 3.02. The van der Waals surface area contributed by atoms with Crippen molar-refractivity contribution in [1.29, 1.82) is 0 Å². The Morgan fingerprint density at radius 1 is 1.30 bits per heavy atom. The molecule has 0 spiro atoms. The largest absolute Gasteiger partial charge is 0.495 e. The lowest BCUT2D eigenvalue weighted by molar-refractivity contribution is -0.916. The Labute approximate surface area is 155 Å². The van der Waals surface area contributed by atoms with Crippen molar-refractivity contribution >= 4 is 17.3 Å². The molecular formula is C19H21FN3O4+. The van der Waals surface area contributed by atoms with Crippen molar-refractivity contribution in [2.75, 3.05) is 19.0 Å². The molecule has 1 fully saturated rings. The minimum absolute atomic E-state index is 0.121. The summed E-state index contributed by atoms with van der Waals surface area (Å²) in [6.45, 7) is 0.832. The lowest BCUT2D eigenvalue weighted by Gasteiger charge is -2.19. The van der Waals surface area contributed by atoms with E-state index in [0.29, 0.717) is 18.3 Å². The summed E-state index contributed by atoms with van der Waals surface area (Å²) in [7, 11) is 1.44. The Morgan fingerprint density at radius 3 is 2.59 bits per heavy atom. The zero-order chi connectivity index (χ0) is 19.4. The molecule has 27 heavy (non-hydrogen) atoms. The van der Waals surface area contributed by atoms with Crippen LogP contribution in [0.1, 0.15) is 18.4 Å². The van der Waals surface area contributed by atoms with E-state index in [1.54, 1.807) is 12.1 Å². The van der Waals surface area contributed by atoms with Crippen LogP contribution in [0.25, 0.3) is 0 Å². The number of ether oxygens (including phenoxy) is 1. The number of nitrogens with one attached hydrogen (secondary N) is 2. The van der Waals surface area contributed by atoms with Gasteiger partial charge < -0.3 is 15.0 Å². The Morgan fingerprint density at radius 2 is 2.00 bits per heavy atom. The maximum atomic E-state index is 13.1. The van der Waals surface area contributed by atoms with Crippen molar-refractivity contribution in [2.24, 2.45) is 0 Å². The number of methoxy groups -OCH3 is 1. The highest BCUT2D eigenvalue weighted by Gasteiger charge is 2.34. The van der Waals surface area contributed by atoms with Crippen LogP contribution in [-0.2, 0) is 11.3 Å². The molecule has 142 valence electrons. The minimum atomic E-state index is -0.522. The lowest BCUT2D eigenvalue weighted by atomic mass is 10.2. The monoisotopic (exact) mass is 374 g/mol. The molecule has 8 heteroatoms. The molecule has 1 aliphatic rings. The van der Waals surface area contributed by atoms with E-state index in [0.717, 1.165) is 23.3 Å². The average molecular weight is 374 g/mol. The first kappa shape index (κ1) is 18.8. The number of nitrogens with zero attached hydrogens (tertiary/aromatic N) is 1. The predicted octanol–water partition coefficient (Wildman–Crippen LogP) is 1.93. The van der Waals surface area contributed by atoms with Crippen LogP contribution in [0.5, 0.6) is 5.75 Å². The number of halogens is 1. The predicted molar refractivity (Wildman–Crippen MR) is 97.2 cm³/mol. The second-order valence-corrected chi connectivity index (χ2v) is 6.60. The highest BCUT2D eigenvalue weighted by atomic mass is 19.1. The van der Waals surface area contributed by atoms with Crippen molar-refractivity contribution < 1.29 is 23.7 Å². The molecule has 0 aliphatic heterocycles. The number of rotatable bonds is 8. The third-order valence-corrected chi connectivity index (χ3v) is 4.55. The van der Waals surface area contributed by atoms with E-state index in [2.05, 4.69) is 5.32 Å². The van der Waals surface area contributed by atoms with E-state index in [4.69, 9.17) is 4.74 Å². The maximum absolute atomic E-state index is 13.1. The molecule has 0 heterocycles. The summed E-state index contributed by atoms with van der Waals surface area (Å²) < 4.78 is 18.3. The van der Waals surface area contributed by atoms with E-state index in [-0.39, 0.29) is 29.6 Å². The van der Waals surface area contributed by atoms with Gasteiger partial charge in [0.15, 0.2) is 6.54 Å². The van der Waals surface area contributed by atoms with Gasteiger partial charge in [0, 0.05) is 30.5 Å². The zero-order valence-electron chi connectivity index (χ0n) is 14.9. The third-order valence-electron chi connectivity index (χ3n) is 4.55. The molecule has 1 saturated carbocycles. The number of carbonyl (C=O) groups excluding carboxylic acids is 1. The van der Waals surface area contributed by atoms with E-state index in [1.165, 1.54) is 37.4 Å². The summed E-state index contributed by atoms with van der Waals surface area (Å²) in [5.74, 6) is -0.180. The number of nitro benzene ring substituents is 1. The first-order valence-electron chi connectivity index (χ1n) is 8.67. The van der Waals surface area contributed by atoms with Crippen molar-refractivity contribution in [2.45, 2.75) is 25.4 Å². The van der Waals surface area contributed by atoms with Gasteiger partial charge in [-0.25, -0.2) is 4.39 Å². The smallest absolute Gasteiger partial charge is 0.279 e. The van der Waals surface area contributed by atoms with Crippen LogP contribution in [0.4, 0.5) is 15.8 Å². The van der Waals surface area contributed by atoms with Gasteiger partial charge in [-0.2, -0.15) is 0 Å². The molecule has 3 rings (SSSR count). The second kappa shape index (κ2) is 8.13. The standard InChI is InChI=1S/C19H20FN3O4/c1-27-18-9-8-16(23(25)26)10-17(18)21-19(24)12-22(15-6-7-15)11-13-2-4-14(20)5-3-13/h2-5,8-10,15H,6-7,11-12H2,1H3,(H,21,24)/p+1. The molecule has 2 aromatic carbocycles. The van der Waals surface area contributed by atoms with E-state index in [1.807, 2.05) is 0 Å². The number of hydrogen-bond donors (Lipinski definition) is 2. The van der Waals surface area contributed by atoms with Crippen molar-refractivity contribution in [3.63, 3.8) is 0 Å². The van der Waals surface area contributed by atoms with E-state index in [9.17, 15) is 19.3 Å². The average Bonchev–Trinajstić information content (AvgIpc) is 3.48. The Balaban J connectivity index is 1.68. The molecule has 1 aliphatic carbocycles. The number of carbonyl (C=O) groups is 1. The minimum Gasteiger partial charge on any atom is -0.495 e. The molecule has 0 saturated heterocycles. The number of benzene rings is 2. The third kappa shape index (κ3) is 5.01. The van der Waals surface area contributed by atoms with E-state index >= 15 is 0 Å². The molecule has 0 radical (unpaired) electrons. The van der Waals surface area contributed by atoms with Crippen LogP contribution in [-0.4, -0.2) is 30.5 Å². The highest BCUT2D eigenvalue weighted by molar-refractivity contribution is 5.93. The fourth-order valence-electron chi connectivity index (χ4n) is 3.02. The van der Waals surface area contributed by atoms with Crippen LogP contribution < -0.4 is 15.0 Å². The SMILES string of the molecule is COc1ccc([N+](=O)[O-])cc1NC(=O)C[NH+](Cc1ccc(F)cc1)C1CC1. The van der Waals surface area contributed by atoms with Gasteiger partial charge in [-0.3, -0.25) is 14.9 Å².